The van der Waals surface area contributed by atoms with E-state index in [4.69, 9.17) is 0 Å². The molecule has 1 aliphatic heterocycles. The van der Waals surface area contributed by atoms with Gasteiger partial charge in [-0.1, -0.05) is 0 Å². The number of alkyl halides is 2. The Morgan fingerprint density at radius 1 is 1.33 bits per heavy atom. The Morgan fingerprint density at radius 3 is 2.92 bits per heavy atom. The summed E-state index contributed by atoms with van der Waals surface area (Å²) >= 11 is -1.23. The first-order valence-corrected chi connectivity index (χ1v) is 8.73. The summed E-state index contributed by atoms with van der Waals surface area (Å²) in [5.74, 6) is 0. The molecule has 0 saturated heterocycles. The quantitative estimate of drug-likeness (QED) is 0.403. The summed E-state index contributed by atoms with van der Waals surface area (Å²) in [6, 6.07) is 8.04. The number of fused-ring (bicyclic) bond motifs is 1. The monoisotopic (exact) mass is 274 g/mol. The second-order valence-corrected chi connectivity index (χ2v) is 8.39. The molecule has 0 fully saturated rings. The van der Waals surface area contributed by atoms with Crippen molar-refractivity contribution in [2.24, 2.45) is 0 Å². The first-order chi connectivity index (χ1) is 5.79. The Bertz CT molecular complexity index is 319. The van der Waals surface area contributed by atoms with Crippen molar-refractivity contribution in [2.45, 2.75) is 6.42 Å². The van der Waals surface area contributed by atoms with Gasteiger partial charge in [0.05, 0.1) is 0 Å². The molecule has 0 amide bonds. The number of hydrogen-bond donors (Lipinski definition) is 0. The topological polar surface area (TPSA) is 17.1 Å². The first kappa shape index (κ1) is 8.23. The summed E-state index contributed by atoms with van der Waals surface area (Å²) in [6.45, 7) is 0. The third-order valence-electron chi connectivity index (χ3n) is 2.17. The van der Waals surface area contributed by atoms with E-state index in [-0.39, 0.29) is 0 Å². The van der Waals surface area contributed by atoms with Gasteiger partial charge in [-0.05, 0) is 0 Å². The normalized spacial score (nSPS) is 19.1. The van der Waals surface area contributed by atoms with Crippen molar-refractivity contribution >= 4 is 23.6 Å². The van der Waals surface area contributed by atoms with Gasteiger partial charge in [0.1, 0.15) is 0 Å². The van der Waals surface area contributed by atoms with Crippen molar-refractivity contribution in [2.75, 3.05) is 9.36 Å². The molecule has 0 spiro atoms. The van der Waals surface area contributed by atoms with E-state index in [1.165, 1.54) is 9.99 Å². The van der Waals surface area contributed by atoms with Crippen molar-refractivity contribution in [1.82, 2.24) is 0 Å². The number of halogens is 1. The molecule has 12 heavy (non-hydrogen) atoms. The van der Waals surface area contributed by atoms with Crippen LogP contribution in [0.2, 0.25) is 0 Å². The third kappa shape index (κ3) is 1.28. The van der Waals surface area contributed by atoms with Gasteiger partial charge in [-0.3, -0.25) is 0 Å². The summed E-state index contributed by atoms with van der Waals surface area (Å²) in [6.07, 6.45) is 1.13. The Balaban J connectivity index is 2.49. The first-order valence-electron chi connectivity index (χ1n) is 3.97. The van der Waals surface area contributed by atoms with E-state index in [2.05, 4.69) is 11.0 Å². The average molecular weight is 274 g/mol. The molecule has 1 aliphatic rings. The zero-order valence-corrected chi connectivity index (χ0v) is 9.17. The second-order valence-electron chi connectivity index (χ2n) is 2.96. The van der Waals surface area contributed by atoms with Crippen LogP contribution in [0.15, 0.2) is 24.3 Å². The van der Waals surface area contributed by atoms with Crippen LogP contribution in [-0.4, -0.2) is 13.1 Å². The molecule has 0 saturated carbocycles. The average Bonchev–Trinajstić information content (AvgIpc) is 2.12. The standard InChI is InChI=1S/C10H11IO/c1-11-7-6-8-4-2-3-5-9(8)10(11)12/h2-5H,6-7H2,1H3. The zero-order valence-electron chi connectivity index (χ0n) is 7.01. The summed E-state index contributed by atoms with van der Waals surface area (Å²) in [5.41, 5.74) is 2.27. The van der Waals surface area contributed by atoms with Crippen molar-refractivity contribution < 1.29 is 4.79 Å². The van der Waals surface area contributed by atoms with E-state index in [0.29, 0.717) is 3.79 Å². The summed E-state index contributed by atoms with van der Waals surface area (Å²) in [4.78, 5) is 13.9. The van der Waals surface area contributed by atoms with Crippen LogP contribution >= 0.6 is 19.8 Å². The predicted octanol–water partition coefficient (Wildman–Crippen LogP) is 2.52. The molecule has 2 heteroatoms. The Kier molecular flexibility index (Phi) is 2.17. The van der Waals surface area contributed by atoms with Crippen LogP contribution < -0.4 is 0 Å². The fourth-order valence-corrected chi connectivity index (χ4v) is 4.83. The molecule has 0 aliphatic carbocycles. The van der Waals surface area contributed by atoms with Gasteiger partial charge in [-0.15, -0.1) is 0 Å². The van der Waals surface area contributed by atoms with E-state index in [9.17, 15) is 4.79 Å². The Labute approximate surface area is 79.6 Å². The van der Waals surface area contributed by atoms with Gasteiger partial charge in [0.25, 0.3) is 0 Å². The Hall–Kier alpha value is -0.380. The molecule has 1 nitrogen and oxygen atoms in total. The van der Waals surface area contributed by atoms with Crippen LogP contribution in [-0.2, 0) is 6.42 Å². The van der Waals surface area contributed by atoms with Gasteiger partial charge < -0.3 is 0 Å². The van der Waals surface area contributed by atoms with E-state index >= 15 is 0 Å². The number of aryl methyl sites for hydroxylation is 1. The number of hydrogen-bond acceptors (Lipinski definition) is 1. The minimum absolute atomic E-state index is 0.473. The molecule has 1 aromatic carbocycles. The fraction of sp³-hybridized carbons (Fsp3) is 0.300. The maximum atomic E-state index is 11.7. The number of benzene rings is 1. The van der Waals surface area contributed by atoms with Gasteiger partial charge in [0.15, 0.2) is 0 Å². The van der Waals surface area contributed by atoms with Crippen LogP contribution in [0.5, 0.6) is 0 Å². The molecule has 0 unspecified atom stereocenters. The van der Waals surface area contributed by atoms with Crippen molar-refractivity contribution in [1.29, 1.82) is 0 Å². The number of carbonyl (C=O) groups is 1. The van der Waals surface area contributed by atoms with Crippen molar-refractivity contribution in [3.05, 3.63) is 35.4 Å². The molecule has 0 bridgehead atoms. The number of carbonyl (C=O) groups excluding carboxylic acids is 1. The molecule has 0 atom stereocenters. The fourth-order valence-electron chi connectivity index (χ4n) is 1.43. The molecular formula is C10H11IO. The third-order valence-corrected chi connectivity index (χ3v) is 6.58. The molecule has 0 aromatic heterocycles. The van der Waals surface area contributed by atoms with Gasteiger partial charge in [0, 0.05) is 0 Å². The number of rotatable bonds is 0. The summed E-state index contributed by atoms with van der Waals surface area (Å²) in [7, 11) is 0. The molecule has 1 aromatic rings. The van der Waals surface area contributed by atoms with Gasteiger partial charge in [-0.2, -0.15) is 0 Å². The van der Waals surface area contributed by atoms with Crippen LogP contribution in [0.4, 0.5) is 0 Å². The molecule has 64 valence electrons. The van der Waals surface area contributed by atoms with Gasteiger partial charge in [0.2, 0.25) is 0 Å². The van der Waals surface area contributed by atoms with Crippen LogP contribution in [0, 0.1) is 0 Å². The summed E-state index contributed by atoms with van der Waals surface area (Å²) < 4.78 is 1.64. The van der Waals surface area contributed by atoms with Crippen molar-refractivity contribution in [3.8, 4) is 0 Å². The van der Waals surface area contributed by atoms with Gasteiger partial charge >= 0.3 is 79.6 Å². The molecule has 2 rings (SSSR count). The molecule has 0 radical (unpaired) electrons. The van der Waals surface area contributed by atoms with Crippen molar-refractivity contribution in [3.63, 3.8) is 0 Å². The van der Waals surface area contributed by atoms with Crippen LogP contribution in [0.25, 0.3) is 0 Å². The zero-order chi connectivity index (χ0) is 8.55. The van der Waals surface area contributed by atoms with E-state index in [0.717, 1.165) is 12.0 Å². The van der Waals surface area contributed by atoms with Crippen LogP contribution in [0.1, 0.15) is 15.9 Å². The van der Waals surface area contributed by atoms with E-state index < -0.39 is 19.8 Å². The van der Waals surface area contributed by atoms with E-state index in [1.807, 2.05) is 18.2 Å². The molecular weight excluding hydrogens is 263 g/mol. The molecule has 1 heterocycles. The second kappa shape index (κ2) is 3.17. The minimum atomic E-state index is -1.23. The SMILES string of the molecule is CI1CCc2ccccc2C1=O. The van der Waals surface area contributed by atoms with Crippen LogP contribution in [0.3, 0.4) is 0 Å². The Morgan fingerprint density at radius 2 is 2.08 bits per heavy atom. The maximum absolute atomic E-state index is 11.7. The predicted molar refractivity (Wildman–Crippen MR) is 59.3 cm³/mol. The van der Waals surface area contributed by atoms with E-state index in [1.54, 1.807) is 0 Å². The summed E-state index contributed by atoms with van der Waals surface area (Å²) in [5, 5.41) is 0. The van der Waals surface area contributed by atoms with Gasteiger partial charge in [-0.25, -0.2) is 0 Å². The molecule has 0 N–H and O–H groups in total.